The van der Waals surface area contributed by atoms with Gasteiger partial charge in [-0.3, -0.25) is 24.3 Å². The fourth-order valence-corrected chi connectivity index (χ4v) is 3.66. The zero-order valence-electron chi connectivity index (χ0n) is 15.8. The van der Waals surface area contributed by atoms with Gasteiger partial charge < -0.3 is 4.74 Å². The molecule has 1 saturated heterocycles. The summed E-state index contributed by atoms with van der Waals surface area (Å²) >= 11 is 0. The van der Waals surface area contributed by atoms with Crippen LogP contribution in [0.3, 0.4) is 0 Å². The summed E-state index contributed by atoms with van der Waals surface area (Å²) in [5.41, 5.74) is 2.02. The van der Waals surface area contributed by atoms with Crippen LogP contribution in [0.1, 0.15) is 17.3 Å². The summed E-state index contributed by atoms with van der Waals surface area (Å²) < 4.78 is 5.40. The second-order valence-electron chi connectivity index (χ2n) is 6.82. The van der Waals surface area contributed by atoms with Gasteiger partial charge in [0.15, 0.2) is 0 Å². The summed E-state index contributed by atoms with van der Waals surface area (Å²) in [5.74, 6) is -0.0855. The molecule has 1 fully saturated rings. The number of ether oxygens (including phenoxy) is 1. The Morgan fingerprint density at radius 3 is 2.36 bits per heavy atom. The van der Waals surface area contributed by atoms with Gasteiger partial charge >= 0.3 is 0 Å². The summed E-state index contributed by atoms with van der Waals surface area (Å²) in [6, 6.07) is 16.5. The highest BCUT2D eigenvalue weighted by atomic mass is 35.5. The Balaban J connectivity index is 0.00000225. The molecule has 0 aromatic heterocycles. The number of fused-ring (bicyclic) bond motifs is 1. The zero-order valence-corrected chi connectivity index (χ0v) is 16.6. The van der Waals surface area contributed by atoms with Crippen molar-refractivity contribution in [3.63, 3.8) is 0 Å². The molecule has 2 aliphatic rings. The molecule has 2 aromatic carbocycles. The van der Waals surface area contributed by atoms with Crippen molar-refractivity contribution >= 4 is 35.6 Å². The van der Waals surface area contributed by atoms with Crippen LogP contribution in [0.5, 0.6) is 0 Å². The minimum atomic E-state index is -0.271. The number of para-hydroxylation sites is 2. The van der Waals surface area contributed by atoms with Crippen molar-refractivity contribution < 1.29 is 14.3 Å². The van der Waals surface area contributed by atoms with Crippen LogP contribution in [0.25, 0.3) is 0 Å². The summed E-state index contributed by atoms with van der Waals surface area (Å²) in [7, 11) is 0. The van der Waals surface area contributed by atoms with Crippen LogP contribution in [-0.4, -0.2) is 55.7 Å². The Labute approximate surface area is 171 Å². The van der Waals surface area contributed by atoms with E-state index in [4.69, 9.17) is 4.74 Å². The first kappa shape index (κ1) is 20.3. The number of morpholine rings is 1. The minimum Gasteiger partial charge on any atom is -0.379 e. The maximum atomic E-state index is 13.3. The molecule has 1 atom stereocenters. The molecule has 7 heteroatoms. The summed E-state index contributed by atoms with van der Waals surface area (Å²) in [6.45, 7) is 4.91. The van der Waals surface area contributed by atoms with Gasteiger partial charge in [0.05, 0.1) is 30.5 Å². The molecule has 0 spiro atoms. The number of carbonyl (C=O) groups excluding carboxylic acids is 2. The second-order valence-corrected chi connectivity index (χ2v) is 6.82. The number of nitrogens with zero attached hydrogens (tertiary/aromatic N) is 3. The molecular weight excluding hydrogens is 378 g/mol. The molecule has 0 aliphatic carbocycles. The maximum Gasteiger partial charge on any atom is 0.261 e. The standard InChI is InChI=1S/C21H23N3O3.ClH/c1-16(22-11-13-27-14-12-22)20(25)24-15-23(17-7-3-2-4-8-17)21(26)18-9-5-6-10-19(18)24;/h2-10,16H,11-15H2,1H3;1H. The third kappa shape index (κ3) is 3.76. The van der Waals surface area contributed by atoms with Crippen molar-refractivity contribution in [3.05, 3.63) is 60.2 Å². The van der Waals surface area contributed by atoms with Gasteiger partial charge in [-0.25, -0.2) is 0 Å². The first-order valence-corrected chi connectivity index (χ1v) is 9.26. The molecule has 2 heterocycles. The van der Waals surface area contributed by atoms with Crippen LogP contribution in [0, 0.1) is 0 Å². The van der Waals surface area contributed by atoms with Crippen LogP contribution < -0.4 is 9.80 Å². The van der Waals surface area contributed by atoms with Crippen molar-refractivity contribution in [1.82, 2.24) is 4.90 Å². The van der Waals surface area contributed by atoms with E-state index >= 15 is 0 Å². The number of hydrogen-bond donors (Lipinski definition) is 0. The molecule has 4 rings (SSSR count). The van der Waals surface area contributed by atoms with Crippen LogP contribution in [0.2, 0.25) is 0 Å². The van der Waals surface area contributed by atoms with Gasteiger partial charge in [-0.1, -0.05) is 30.3 Å². The average molecular weight is 402 g/mol. The fourth-order valence-electron chi connectivity index (χ4n) is 3.66. The molecule has 0 radical (unpaired) electrons. The van der Waals surface area contributed by atoms with Crippen molar-refractivity contribution in [2.24, 2.45) is 0 Å². The molecule has 2 amide bonds. The predicted molar refractivity (Wildman–Crippen MR) is 111 cm³/mol. The van der Waals surface area contributed by atoms with Gasteiger partial charge in [-0.05, 0) is 31.2 Å². The van der Waals surface area contributed by atoms with E-state index in [9.17, 15) is 9.59 Å². The number of anilines is 2. The summed E-state index contributed by atoms with van der Waals surface area (Å²) in [5, 5.41) is 0. The second kappa shape index (κ2) is 8.73. The molecule has 148 valence electrons. The molecular formula is C21H24ClN3O3. The summed E-state index contributed by atoms with van der Waals surface area (Å²) in [4.78, 5) is 31.9. The van der Waals surface area contributed by atoms with Crippen LogP contribution in [-0.2, 0) is 9.53 Å². The third-order valence-corrected chi connectivity index (χ3v) is 5.24. The van der Waals surface area contributed by atoms with E-state index in [2.05, 4.69) is 4.90 Å². The average Bonchev–Trinajstić information content (AvgIpc) is 2.74. The smallest absolute Gasteiger partial charge is 0.261 e. The molecule has 2 aliphatic heterocycles. The molecule has 0 bridgehead atoms. The molecule has 0 saturated carbocycles. The molecule has 28 heavy (non-hydrogen) atoms. The number of amides is 2. The normalized spacial score (nSPS) is 18.2. The Morgan fingerprint density at radius 1 is 1.00 bits per heavy atom. The number of benzene rings is 2. The van der Waals surface area contributed by atoms with Crippen LogP contribution in [0.4, 0.5) is 11.4 Å². The van der Waals surface area contributed by atoms with Crippen molar-refractivity contribution in [2.75, 3.05) is 42.8 Å². The quantitative estimate of drug-likeness (QED) is 0.793. The highest BCUT2D eigenvalue weighted by Crippen LogP contribution is 2.31. The number of halogens is 1. The highest BCUT2D eigenvalue weighted by Gasteiger charge is 2.36. The van der Waals surface area contributed by atoms with Gasteiger partial charge in [0, 0.05) is 18.8 Å². The van der Waals surface area contributed by atoms with Gasteiger partial charge in [-0.15, -0.1) is 12.4 Å². The lowest BCUT2D eigenvalue weighted by Gasteiger charge is -2.40. The first-order chi connectivity index (χ1) is 13.2. The van der Waals surface area contributed by atoms with Crippen molar-refractivity contribution in [3.8, 4) is 0 Å². The van der Waals surface area contributed by atoms with E-state index in [1.54, 1.807) is 15.9 Å². The van der Waals surface area contributed by atoms with E-state index in [-0.39, 0.29) is 36.9 Å². The Kier molecular flexibility index (Phi) is 6.34. The Morgan fingerprint density at radius 2 is 1.64 bits per heavy atom. The predicted octanol–water partition coefficient (Wildman–Crippen LogP) is 2.78. The van der Waals surface area contributed by atoms with E-state index in [1.807, 2.05) is 55.5 Å². The molecule has 2 aromatic rings. The Bertz CT molecular complexity index is 840. The number of rotatable bonds is 3. The topological polar surface area (TPSA) is 53.1 Å². The SMILES string of the molecule is CC(C(=O)N1CN(c2ccccc2)C(=O)c2ccccc21)N1CCOCC1.Cl. The maximum absolute atomic E-state index is 13.3. The van der Waals surface area contributed by atoms with Gasteiger partial charge in [0.25, 0.3) is 5.91 Å². The van der Waals surface area contributed by atoms with Gasteiger partial charge in [0.1, 0.15) is 6.67 Å². The van der Waals surface area contributed by atoms with Crippen molar-refractivity contribution in [2.45, 2.75) is 13.0 Å². The Hall–Kier alpha value is -2.41. The van der Waals surface area contributed by atoms with Crippen molar-refractivity contribution in [1.29, 1.82) is 0 Å². The lowest BCUT2D eigenvalue weighted by molar-refractivity contribution is -0.124. The fraction of sp³-hybridized carbons (Fsp3) is 0.333. The minimum absolute atomic E-state index is 0. The van der Waals surface area contributed by atoms with Gasteiger partial charge in [0.2, 0.25) is 5.91 Å². The van der Waals surface area contributed by atoms with E-state index in [0.717, 1.165) is 18.8 Å². The molecule has 1 unspecified atom stereocenters. The lowest BCUT2D eigenvalue weighted by Crippen LogP contribution is -2.56. The number of hydrogen-bond acceptors (Lipinski definition) is 4. The van der Waals surface area contributed by atoms with E-state index in [0.29, 0.717) is 24.5 Å². The number of carbonyl (C=O) groups is 2. The van der Waals surface area contributed by atoms with E-state index in [1.165, 1.54) is 0 Å². The van der Waals surface area contributed by atoms with E-state index < -0.39 is 0 Å². The van der Waals surface area contributed by atoms with Crippen LogP contribution >= 0.6 is 12.4 Å². The zero-order chi connectivity index (χ0) is 18.8. The first-order valence-electron chi connectivity index (χ1n) is 9.26. The largest absolute Gasteiger partial charge is 0.379 e. The lowest BCUT2D eigenvalue weighted by atomic mass is 10.1. The molecule has 6 nitrogen and oxygen atoms in total. The van der Waals surface area contributed by atoms with Gasteiger partial charge in [-0.2, -0.15) is 0 Å². The summed E-state index contributed by atoms with van der Waals surface area (Å²) in [6.07, 6.45) is 0. The van der Waals surface area contributed by atoms with Crippen LogP contribution in [0.15, 0.2) is 54.6 Å². The third-order valence-electron chi connectivity index (χ3n) is 5.24. The highest BCUT2D eigenvalue weighted by molar-refractivity contribution is 6.15. The monoisotopic (exact) mass is 401 g/mol. The molecule has 0 N–H and O–H groups in total.